The highest BCUT2D eigenvalue weighted by atomic mass is 32.2. The molecule has 10 heteroatoms. The first-order chi connectivity index (χ1) is 12.8. The van der Waals surface area contributed by atoms with E-state index in [1.807, 2.05) is 0 Å². The van der Waals surface area contributed by atoms with Gasteiger partial charge in [0.15, 0.2) is 17.5 Å². The van der Waals surface area contributed by atoms with Crippen LogP contribution >= 0.6 is 0 Å². The molecule has 144 valence electrons. The number of amides is 1. The lowest BCUT2D eigenvalue weighted by atomic mass is 10.3. The number of halogens is 3. The Morgan fingerprint density at radius 1 is 1.04 bits per heavy atom. The quantitative estimate of drug-likeness (QED) is 0.583. The molecule has 0 N–H and O–H groups in total. The van der Waals surface area contributed by atoms with E-state index < -0.39 is 32.4 Å². The molecule has 0 atom stereocenters. The van der Waals surface area contributed by atoms with Gasteiger partial charge in [0.2, 0.25) is 15.9 Å². The van der Waals surface area contributed by atoms with Crippen molar-refractivity contribution in [2.45, 2.75) is 4.90 Å². The summed E-state index contributed by atoms with van der Waals surface area (Å²) in [6, 6.07) is 4.59. The summed E-state index contributed by atoms with van der Waals surface area (Å²) in [6.45, 7) is -0.0418. The number of sulfonamides is 1. The van der Waals surface area contributed by atoms with Crippen molar-refractivity contribution in [3.05, 3.63) is 59.8 Å². The van der Waals surface area contributed by atoms with E-state index in [2.05, 4.69) is 0 Å². The number of carbonyl (C=O) groups is 1. The van der Waals surface area contributed by atoms with E-state index in [1.54, 1.807) is 12.1 Å². The summed E-state index contributed by atoms with van der Waals surface area (Å²) in [5.41, 5.74) is 0. The Bertz CT molecular complexity index is 966. The first-order valence-corrected chi connectivity index (χ1v) is 9.39. The van der Waals surface area contributed by atoms with Gasteiger partial charge in [0.25, 0.3) is 0 Å². The van der Waals surface area contributed by atoms with Crippen LogP contribution in [0.2, 0.25) is 0 Å². The molecule has 0 spiro atoms. The number of rotatable bonds is 4. The molecule has 27 heavy (non-hydrogen) atoms. The minimum absolute atomic E-state index is 0.0753. The van der Waals surface area contributed by atoms with Gasteiger partial charge in [0.05, 0.1) is 6.26 Å². The molecule has 2 heterocycles. The Labute approximate surface area is 153 Å². The largest absolute Gasteiger partial charge is 0.465 e. The van der Waals surface area contributed by atoms with Gasteiger partial charge in [-0.1, -0.05) is 0 Å². The summed E-state index contributed by atoms with van der Waals surface area (Å²) < 4.78 is 71.2. The van der Waals surface area contributed by atoms with Crippen LogP contribution in [0, 0.1) is 17.5 Å². The summed E-state index contributed by atoms with van der Waals surface area (Å²) >= 11 is 0. The van der Waals surface area contributed by atoms with Gasteiger partial charge in [-0.25, -0.2) is 21.6 Å². The summed E-state index contributed by atoms with van der Waals surface area (Å²) in [5.74, 6) is -4.89. The monoisotopic (exact) mass is 400 g/mol. The lowest BCUT2D eigenvalue weighted by molar-refractivity contribution is -0.127. The molecule has 1 aliphatic rings. The maximum absolute atomic E-state index is 13.8. The standard InChI is InChI=1S/C17H15F3N2O4S/c18-13-4-5-14(17(20)16(13)19)27(24,25)22-9-7-21(8-10-22)15(23)6-3-12-2-1-11-26-12/h1-6,11H,7-10H2/b6-3-. The zero-order chi connectivity index (χ0) is 19.6. The molecule has 1 aromatic heterocycles. The SMILES string of the molecule is O=C(/C=C\c1ccco1)N1CCN(S(=O)(=O)c2ccc(F)c(F)c2F)CC1. The Morgan fingerprint density at radius 3 is 2.37 bits per heavy atom. The van der Waals surface area contributed by atoms with E-state index in [1.165, 1.54) is 23.3 Å². The van der Waals surface area contributed by atoms with E-state index in [9.17, 15) is 26.4 Å². The third kappa shape index (κ3) is 3.91. The van der Waals surface area contributed by atoms with Crippen LogP contribution in [0.4, 0.5) is 13.2 Å². The fourth-order valence-electron chi connectivity index (χ4n) is 2.64. The van der Waals surface area contributed by atoms with E-state index in [0.717, 1.165) is 4.31 Å². The molecule has 1 amide bonds. The van der Waals surface area contributed by atoms with Crippen molar-refractivity contribution >= 4 is 22.0 Å². The lowest BCUT2D eigenvalue weighted by Crippen LogP contribution is -2.50. The van der Waals surface area contributed by atoms with Crippen molar-refractivity contribution in [2.75, 3.05) is 26.2 Å². The maximum Gasteiger partial charge on any atom is 0.246 e. The number of benzene rings is 1. The van der Waals surface area contributed by atoms with Gasteiger partial charge in [0.1, 0.15) is 10.7 Å². The molecule has 0 saturated carbocycles. The molecule has 0 aliphatic carbocycles. The molecule has 1 aromatic carbocycles. The number of nitrogens with zero attached hydrogens (tertiary/aromatic N) is 2. The minimum atomic E-state index is -4.35. The highest BCUT2D eigenvalue weighted by Crippen LogP contribution is 2.24. The lowest BCUT2D eigenvalue weighted by Gasteiger charge is -2.33. The average molecular weight is 400 g/mol. The molecule has 0 bridgehead atoms. The topological polar surface area (TPSA) is 70.8 Å². The zero-order valence-electron chi connectivity index (χ0n) is 13.9. The van der Waals surface area contributed by atoms with Crippen molar-refractivity contribution in [3.8, 4) is 0 Å². The van der Waals surface area contributed by atoms with Crippen LogP contribution in [0.1, 0.15) is 5.76 Å². The molecule has 3 rings (SSSR count). The third-order valence-corrected chi connectivity index (χ3v) is 6.02. The van der Waals surface area contributed by atoms with Gasteiger partial charge in [-0.2, -0.15) is 4.31 Å². The van der Waals surface area contributed by atoms with E-state index in [-0.39, 0.29) is 32.1 Å². The molecule has 1 fully saturated rings. The van der Waals surface area contributed by atoms with Gasteiger partial charge in [-0.3, -0.25) is 4.79 Å². The van der Waals surface area contributed by atoms with Crippen molar-refractivity contribution in [1.82, 2.24) is 9.21 Å². The van der Waals surface area contributed by atoms with Crippen molar-refractivity contribution in [2.24, 2.45) is 0 Å². The summed E-state index contributed by atoms with van der Waals surface area (Å²) in [6.07, 6.45) is 4.26. The number of piperazine rings is 1. The zero-order valence-corrected chi connectivity index (χ0v) is 14.8. The van der Waals surface area contributed by atoms with E-state index >= 15 is 0 Å². The smallest absolute Gasteiger partial charge is 0.246 e. The molecular formula is C17H15F3N2O4S. The Morgan fingerprint density at radius 2 is 1.74 bits per heavy atom. The Balaban J connectivity index is 1.68. The maximum atomic E-state index is 13.8. The van der Waals surface area contributed by atoms with Crippen LogP contribution < -0.4 is 0 Å². The van der Waals surface area contributed by atoms with Crippen molar-refractivity contribution in [3.63, 3.8) is 0 Å². The molecule has 1 saturated heterocycles. The molecule has 6 nitrogen and oxygen atoms in total. The molecule has 2 aromatic rings. The van der Waals surface area contributed by atoms with Crippen LogP contribution in [-0.4, -0.2) is 49.7 Å². The predicted molar refractivity (Wildman–Crippen MR) is 89.4 cm³/mol. The highest BCUT2D eigenvalue weighted by Gasteiger charge is 2.33. The first kappa shape index (κ1) is 19.2. The van der Waals surface area contributed by atoms with Gasteiger partial charge >= 0.3 is 0 Å². The van der Waals surface area contributed by atoms with Crippen LogP contribution in [0.5, 0.6) is 0 Å². The normalized spacial score (nSPS) is 16.2. The highest BCUT2D eigenvalue weighted by molar-refractivity contribution is 7.89. The van der Waals surface area contributed by atoms with Crippen molar-refractivity contribution < 1.29 is 30.8 Å². The van der Waals surface area contributed by atoms with Gasteiger partial charge < -0.3 is 9.32 Å². The fourth-order valence-corrected chi connectivity index (χ4v) is 4.12. The van der Waals surface area contributed by atoms with E-state index in [0.29, 0.717) is 17.9 Å². The molecular weight excluding hydrogens is 385 g/mol. The second-order valence-corrected chi connectivity index (χ2v) is 7.66. The first-order valence-electron chi connectivity index (χ1n) is 7.95. The van der Waals surface area contributed by atoms with Gasteiger partial charge in [0, 0.05) is 32.3 Å². The summed E-state index contributed by atoms with van der Waals surface area (Å²) in [5, 5.41) is 0. The summed E-state index contributed by atoms with van der Waals surface area (Å²) in [7, 11) is -4.35. The van der Waals surface area contributed by atoms with Crippen LogP contribution in [-0.2, 0) is 14.8 Å². The predicted octanol–water partition coefficient (Wildman–Crippen LogP) is 2.24. The van der Waals surface area contributed by atoms with Crippen LogP contribution in [0.15, 0.2) is 45.9 Å². The van der Waals surface area contributed by atoms with Crippen LogP contribution in [0.3, 0.4) is 0 Å². The van der Waals surface area contributed by atoms with Gasteiger partial charge in [-0.05, 0) is 30.3 Å². The van der Waals surface area contributed by atoms with Crippen molar-refractivity contribution in [1.29, 1.82) is 0 Å². The third-order valence-electron chi connectivity index (χ3n) is 4.10. The average Bonchev–Trinajstić information content (AvgIpc) is 3.17. The molecule has 0 radical (unpaired) electrons. The van der Waals surface area contributed by atoms with Gasteiger partial charge in [-0.15, -0.1) is 0 Å². The minimum Gasteiger partial charge on any atom is -0.465 e. The number of hydrogen-bond donors (Lipinski definition) is 0. The molecule has 1 aliphatic heterocycles. The Kier molecular flexibility index (Phi) is 5.38. The number of hydrogen-bond acceptors (Lipinski definition) is 4. The second-order valence-electron chi connectivity index (χ2n) is 5.75. The number of carbonyl (C=O) groups excluding carboxylic acids is 1. The van der Waals surface area contributed by atoms with E-state index in [4.69, 9.17) is 4.42 Å². The number of furan rings is 1. The fraction of sp³-hybridized carbons (Fsp3) is 0.235. The second kappa shape index (κ2) is 7.57. The summed E-state index contributed by atoms with van der Waals surface area (Å²) in [4.78, 5) is 12.6. The molecule has 0 unspecified atom stereocenters. The van der Waals surface area contributed by atoms with Crippen LogP contribution in [0.25, 0.3) is 6.08 Å². The Hall–Kier alpha value is -2.59.